The van der Waals surface area contributed by atoms with Crippen LogP contribution in [0.15, 0.2) is 53.6 Å². The van der Waals surface area contributed by atoms with Crippen molar-refractivity contribution in [3.8, 4) is 0 Å². The minimum atomic E-state index is -1.49. The van der Waals surface area contributed by atoms with E-state index >= 15 is 0 Å². The molecule has 2 amide bonds. The lowest BCUT2D eigenvalue weighted by Gasteiger charge is -2.18. The Morgan fingerprint density at radius 1 is 0.865 bits per heavy atom. The highest BCUT2D eigenvalue weighted by Gasteiger charge is 2.25. The Kier molecular flexibility index (Phi) is 10.6. The third kappa shape index (κ3) is 10.1. The zero-order valence-corrected chi connectivity index (χ0v) is 19.9. The normalized spacial score (nSPS) is 11.7. The summed E-state index contributed by atoms with van der Waals surface area (Å²) in [6.45, 7) is 0. The number of hydrogen-bond donors (Lipinski definition) is 7. The highest BCUT2D eigenvalue weighted by Crippen LogP contribution is 2.17. The first-order valence-electron chi connectivity index (χ1n) is 10.6. The highest BCUT2D eigenvalue weighted by atomic mass is 32.1. The first kappa shape index (κ1) is 28.4. The van der Waals surface area contributed by atoms with Gasteiger partial charge in [0.25, 0.3) is 0 Å². The van der Waals surface area contributed by atoms with Crippen molar-refractivity contribution in [3.63, 3.8) is 0 Å². The average molecular weight is 530 g/mol. The van der Waals surface area contributed by atoms with E-state index in [1.807, 2.05) is 0 Å². The van der Waals surface area contributed by atoms with Crippen LogP contribution >= 0.6 is 12.2 Å². The second kappa shape index (κ2) is 13.9. The van der Waals surface area contributed by atoms with Gasteiger partial charge in [0.1, 0.15) is 12.1 Å². The third-order valence-corrected chi connectivity index (χ3v) is 4.99. The largest absolute Gasteiger partial charge is 0.481 e. The molecule has 0 radical (unpaired) electrons. The number of azide groups is 1. The molecule has 37 heavy (non-hydrogen) atoms. The number of urea groups is 1. The summed E-state index contributed by atoms with van der Waals surface area (Å²) in [5.41, 5.74) is 10.7. The third-order valence-electron chi connectivity index (χ3n) is 4.79. The second-order valence-corrected chi connectivity index (χ2v) is 7.96. The molecular formula is C22H23N7O7S. The van der Waals surface area contributed by atoms with E-state index in [1.165, 1.54) is 0 Å². The summed E-state index contributed by atoms with van der Waals surface area (Å²) in [7, 11) is 0. The van der Waals surface area contributed by atoms with Crippen LogP contribution in [-0.2, 0) is 20.8 Å². The van der Waals surface area contributed by atoms with E-state index in [2.05, 4.69) is 31.3 Å². The molecular weight excluding hydrogens is 506 g/mol. The molecule has 2 aromatic rings. The SMILES string of the molecule is [N-]=[N+]=Nc1ccc(NC(=S)Nc2ccc(C[C@H](NC(=O)NC(CCC(=O)O)C(=O)O)C(=O)O)cc2)cc1. The minimum absolute atomic E-state index is 0.101. The fourth-order valence-electron chi connectivity index (χ4n) is 3.00. The summed E-state index contributed by atoms with van der Waals surface area (Å²) in [4.78, 5) is 48.3. The molecule has 0 aliphatic carbocycles. The molecule has 2 rings (SSSR count). The Balaban J connectivity index is 1.93. The molecule has 0 fully saturated rings. The summed E-state index contributed by atoms with van der Waals surface area (Å²) in [5.74, 6) is -4.01. The van der Waals surface area contributed by atoms with Crippen molar-refractivity contribution in [1.29, 1.82) is 0 Å². The summed E-state index contributed by atoms with van der Waals surface area (Å²) in [5, 5.41) is 41.2. The topological polar surface area (TPSA) is 226 Å². The quantitative estimate of drug-likeness (QED) is 0.0920. The Morgan fingerprint density at radius 3 is 1.86 bits per heavy atom. The molecule has 2 atom stereocenters. The number of anilines is 2. The molecule has 2 aromatic carbocycles. The number of nitrogens with one attached hydrogen (secondary N) is 4. The molecule has 0 aliphatic rings. The Bertz CT molecular complexity index is 1200. The van der Waals surface area contributed by atoms with E-state index in [4.69, 9.17) is 28.0 Å². The van der Waals surface area contributed by atoms with Crippen LogP contribution in [0.1, 0.15) is 18.4 Å². The van der Waals surface area contributed by atoms with Gasteiger partial charge in [-0.05, 0) is 54.0 Å². The summed E-state index contributed by atoms with van der Waals surface area (Å²) in [6.07, 6.45) is -0.944. The van der Waals surface area contributed by atoms with Gasteiger partial charge >= 0.3 is 23.9 Å². The molecule has 0 bridgehead atoms. The first-order valence-corrected chi connectivity index (χ1v) is 11.0. The number of thiocarbonyl (C=S) groups is 1. The van der Waals surface area contributed by atoms with E-state index < -0.39 is 42.4 Å². The molecule has 0 spiro atoms. The lowest BCUT2D eigenvalue weighted by molar-refractivity contribution is -0.140. The number of benzene rings is 2. The van der Waals surface area contributed by atoms with E-state index in [0.29, 0.717) is 22.6 Å². The Hall–Kier alpha value is -4.88. The molecule has 1 unspecified atom stereocenters. The van der Waals surface area contributed by atoms with E-state index in [-0.39, 0.29) is 18.0 Å². The minimum Gasteiger partial charge on any atom is -0.481 e. The molecule has 0 aliphatic heterocycles. The van der Waals surface area contributed by atoms with Crippen molar-refractivity contribution in [3.05, 3.63) is 64.5 Å². The van der Waals surface area contributed by atoms with E-state index in [9.17, 15) is 24.3 Å². The van der Waals surface area contributed by atoms with Gasteiger partial charge in [0, 0.05) is 34.8 Å². The van der Waals surface area contributed by atoms with Crippen molar-refractivity contribution in [2.45, 2.75) is 31.3 Å². The van der Waals surface area contributed by atoms with Crippen LogP contribution in [-0.4, -0.2) is 56.5 Å². The molecule has 0 aromatic heterocycles. The standard InChI is InChI=1S/C22H23N7O7S/c23-29-28-15-7-5-14(6-8-15)25-22(37)24-13-3-1-12(2-4-13)11-17(20(34)35)27-21(36)26-16(19(32)33)9-10-18(30)31/h1-8,16-17H,9-11H2,(H,30,31)(H,32,33)(H,34,35)(H2,24,25,37)(H2,26,27,36)/t16?,17-/m0/s1. The van der Waals surface area contributed by atoms with Crippen LogP contribution in [0.3, 0.4) is 0 Å². The van der Waals surface area contributed by atoms with Crippen LogP contribution in [0.2, 0.25) is 0 Å². The zero-order chi connectivity index (χ0) is 27.4. The van der Waals surface area contributed by atoms with E-state index in [1.54, 1.807) is 48.5 Å². The maximum Gasteiger partial charge on any atom is 0.326 e. The van der Waals surface area contributed by atoms with Crippen LogP contribution in [0, 0.1) is 0 Å². The number of aliphatic carboxylic acids is 3. The molecule has 7 N–H and O–H groups in total. The van der Waals surface area contributed by atoms with Crippen molar-refractivity contribution in [2.24, 2.45) is 5.11 Å². The number of carboxylic acids is 3. The van der Waals surface area contributed by atoms with Gasteiger partial charge in [0.2, 0.25) is 0 Å². The van der Waals surface area contributed by atoms with Gasteiger partial charge in [-0.3, -0.25) is 4.79 Å². The first-order chi connectivity index (χ1) is 17.6. The molecule has 0 saturated carbocycles. The molecule has 194 valence electrons. The fraction of sp³-hybridized carbons (Fsp3) is 0.227. The zero-order valence-electron chi connectivity index (χ0n) is 19.1. The predicted molar refractivity (Wildman–Crippen MR) is 137 cm³/mol. The van der Waals surface area contributed by atoms with Gasteiger partial charge in [0.05, 0.1) is 0 Å². The van der Waals surface area contributed by atoms with E-state index in [0.717, 1.165) is 0 Å². The van der Waals surface area contributed by atoms with Crippen LogP contribution in [0.5, 0.6) is 0 Å². The van der Waals surface area contributed by atoms with Gasteiger partial charge < -0.3 is 36.6 Å². The number of carboxylic acid groups (broad SMARTS) is 3. The summed E-state index contributed by atoms with van der Waals surface area (Å²) >= 11 is 5.26. The molecule has 14 nitrogen and oxygen atoms in total. The Labute approximate surface area is 215 Å². The monoisotopic (exact) mass is 529 g/mol. The lowest BCUT2D eigenvalue weighted by atomic mass is 10.1. The smallest absolute Gasteiger partial charge is 0.326 e. The number of carbonyl (C=O) groups excluding carboxylic acids is 1. The van der Waals surface area contributed by atoms with Crippen molar-refractivity contribution >= 4 is 58.3 Å². The molecule has 0 heterocycles. The molecule has 0 saturated heterocycles. The number of carbonyl (C=O) groups is 4. The van der Waals surface area contributed by atoms with Crippen LogP contribution in [0.4, 0.5) is 21.9 Å². The van der Waals surface area contributed by atoms with Crippen molar-refractivity contribution in [2.75, 3.05) is 10.6 Å². The number of amides is 2. The number of nitrogens with zero attached hydrogens (tertiary/aromatic N) is 3. The average Bonchev–Trinajstić information content (AvgIpc) is 2.83. The van der Waals surface area contributed by atoms with Crippen molar-refractivity contribution < 1.29 is 34.5 Å². The van der Waals surface area contributed by atoms with Gasteiger partial charge in [-0.15, -0.1) is 0 Å². The molecule has 15 heteroatoms. The maximum atomic E-state index is 12.1. The van der Waals surface area contributed by atoms with Gasteiger partial charge in [-0.1, -0.05) is 29.4 Å². The summed E-state index contributed by atoms with van der Waals surface area (Å²) < 4.78 is 0. The van der Waals surface area contributed by atoms with Gasteiger partial charge in [0.15, 0.2) is 5.11 Å². The van der Waals surface area contributed by atoms with Crippen LogP contribution in [0.25, 0.3) is 10.4 Å². The van der Waals surface area contributed by atoms with Crippen LogP contribution < -0.4 is 21.3 Å². The Morgan fingerprint density at radius 2 is 1.38 bits per heavy atom. The highest BCUT2D eigenvalue weighted by molar-refractivity contribution is 7.80. The lowest BCUT2D eigenvalue weighted by Crippen LogP contribution is -2.51. The van der Waals surface area contributed by atoms with Crippen molar-refractivity contribution in [1.82, 2.24) is 10.6 Å². The summed E-state index contributed by atoms with van der Waals surface area (Å²) in [6, 6.07) is 9.24. The fourth-order valence-corrected chi connectivity index (χ4v) is 3.24. The number of rotatable bonds is 12. The van der Waals surface area contributed by atoms with Gasteiger partial charge in [-0.2, -0.15) is 0 Å². The maximum absolute atomic E-state index is 12.1. The number of hydrogen-bond acceptors (Lipinski definition) is 6. The second-order valence-electron chi connectivity index (χ2n) is 7.55. The van der Waals surface area contributed by atoms with Gasteiger partial charge in [-0.25, -0.2) is 14.4 Å². The predicted octanol–water partition coefficient (Wildman–Crippen LogP) is 3.05.